The van der Waals surface area contributed by atoms with E-state index in [0.717, 1.165) is 0 Å². The summed E-state index contributed by atoms with van der Waals surface area (Å²) in [6.45, 7) is 34.7. The highest BCUT2D eigenvalue weighted by molar-refractivity contribution is 5.89. The molecule has 36 atom stereocenters. The molecule has 30 heteroatoms. The fourth-order valence-electron chi connectivity index (χ4n) is 18.1. The van der Waals surface area contributed by atoms with Crippen LogP contribution in [0, 0.1) is 47.3 Å². The van der Waals surface area contributed by atoms with E-state index in [9.17, 15) is 60.9 Å². The summed E-state index contributed by atoms with van der Waals surface area (Å²) in [7, 11) is 9.70. The molecule has 30 nitrogen and oxygen atoms in total. The predicted molar refractivity (Wildman–Crippen MR) is 388 cm³/mol. The number of nitrogens with zero attached hydrogens (tertiary/aromatic N) is 4. The highest BCUT2D eigenvalue weighted by Crippen LogP contribution is 2.46. The van der Waals surface area contributed by atoms with Gasteiger partial charge in [-0.15, -0.1) is 0 Å². The summed E-state index contributed by atoms with van der Waals surface area (Å²) in [6, 6.07) is -1.22. The molecule has 0 spiro atoms. The predicted octanol–water partition coefficient (Wildman–Crippen LogP) is 5.16. The molecule has 6 aliphatic rings. The first-order valence-corrected chi connectivity index (χ1v) is 38.4. The highest BCUT2D eigenvalue weighted by Gasteiger charge is 2.58. The second-order valence-electron chi connectivity index (χ2n) is 33.5. The Morgan fingerprint density at radius 2 is 0.764 bits per heavy atom. The van der Waals surface area contributed by atoms with E-state index in [1.54, 1.807) is 96.9 Å². The van der Waals surface area contributed by atoms with Gasteiger partial charge in [0.1, 0.15) is 47.8 Å². The summed E-state index contributed by atoms with van der Waals surface area (Å²) < 4.78 is 91.3. The zero-order valence-corrected chi connectivity index (χ0v) is 68.2. The second kappa shape index (κ2) is 37.3. The van der Waals surface area contributed by atoms with Crippen molar-refractivity contribution in [1.29, 1.82) is 0 Å². The lowest BCUT2D eigenvalue weighted by Crippen LogP contribution is -2.62. The quantitative estimate of drug-likeness (QED) is 0.0454. The Kier molecular flexibility index (Phi) is 32.3. The number of ether oxygens (including phenoxy) is 14. The molecule has 6 rings (SSSR count). The van der Waals surface area contributed by atoms with Crippen LogP contribution in [0.25, 0.3) is 0 Å². The third-order valence-corrected chi connectivity index (χ3v) is 25.5. The van der Waals surface area contributed by atoms with Gasteiger partial charge in [-0.1, -0.05) is 65.7 Å². The largest absolute Gasteiger partial charge is 0.459 e. The maximum Gasteiger partial charge on any atom is 0.311 e. The second-order valence-corrected chi connectivity index (χ2v) is 33.5. The van der Waals surface area contributed by atoms with Crippen molar-refractivity contribution < 1.29 is 127 Å². The molecule has 0 amide bonds. The molecular weight excluding hydrogens is 1380 g/mol. The Balaban J connectivity index is 1.34. The third-order valence-electron chi connectivity index (χ3n) is 25.5. The minimum absolute atomic E-state index is 0.0379. The van der Waals surface area contributed by atoms with E-state index in [1.165, 1.54) is 42.3 Å². The van der Waals surface area contributed by atoms with Gasteiger partial charge in [0.15, 0.2) is 25.2 Å². The molecule has 16 unspecified atom stereocenters. The van der Waals surface area contributed by atoms with E-state index in [1.807, 2.05) is 51.6 Å². The lowest BCUT2D eigenvalue weighted by molar-refractivity contribution is -0.320. The van der Waals surface area contributed by atoms with Crippen LogP contribution in [0.1, 0.15) is 190 Å². The molecule has 0 aromatic rings. The summed E-state index contributed by atoms with van der Waals surface area (Å²) in [5, 5.41) is 125. The molecular formula is C76H138N4O26. The summed E-state index contributed by atoms with van der Waals surface area (Å²) in [6.07, 6.45) is -21.3. The standard InChI is InChI=1S/C76H138N4O26/c1-27-51-75(19,89)61(83)41(7)55(77-91)37(3)33-73(17,95-25)65(43(9)59(45(11)67(87)101-51)103-53-35-71(15,93-23)63(85)47(13)99-53)105-69-57(81)49(31-39(5)97-69)79(21)29-30-80(22)50-32-40(6)98-70(58(50)82)106-66-44(10)60(104-54-36-72(16,94-24)64(86)48(14)100-54)46(12)68(88)102-52(28-2)76(20,90)62(84)42(8)56(78-92)38(4)34-74(66,18)96-26/h37-54,57-66,69-70,81-86,89-92H,27-36H2,1-26H3/b77-55+,78-56+/t37-,38-,39?,40?,41+,42+,43+,44+,45-,46-,47?,48?,49?,50?,51-,52-,53?,54?,57?,58?,59+,60+,61-,62-,63?,64?,65-,66-,69?,70?,71?,72?,73+,74+,75-,76-/m1/s1. The Labute approximate surface area is 629 Å². The molecule has 0 saturated carbocycles. The molecule has 6 heterocycles. The van der Waals surface area contributed by atoms with Crippen LogP contribution >= 0.6 is 0 Å². The van der Waals surface area contributed by atoms with Gasteiger partial charge >= 0.3 is 11.9 Å². The number of hydrogen-bond acceptors (Lipinski definition) is 30. The zero-order valence-electron chi connectivity index (χ0n) is 68.2. The van der Waals surface area contributed by atoms with Crippen molar-refractivity contribution in [2.75, 3.05) is 55.6 Å². The third kappa shape index (κ3) is 19.8. The molecule has 0 aromatic heterocycles. The first kappa shape index (κ1) is 91.9. The van der Waals surface area contributed by atoms with Crippen molar-refractivity contribution in [3.8, 4) is 0 Å². The summed E-state index contributed by atoms with van der Waals surface area (Å²) >= 11 is 0. The minimum Gasteiger partial charge on any atom is -0.459 e. The lowest BCUT2D eigenvalue weighted by Gasteiger charge is -2.50. The summed E-state index contributed by atoms with van der Waals surface area (Å²) in [4.78, 5) is 33.6. The van der Waals surface area contributed by atoms with Gasteiger partial charge in [-0.2, -0.15) is 0 Å². The van der Waals surface area contributed by atoms with Gasteiger partial charge in [0.25, 0.3) is 0 Å². The lowest BCUT2D eigenvalue weighted by atomic mass is 9.73. The van der Waals surface area contributed by atoms with E-state index in [2.05, 4.69) is 10.3 Å². The van der Waals surface area contributed by atoms with Crippen molar-refractivity contribution >= 4 is 23.4 Å². The molecule has 6 saturated heterocycles. The SMILES string of the molecule is CC[C@H]1OC(=O)[C@H](C)[C@@H](OC2CC(C)(OC)C(O)C(C)O2)[C@H](C)[C@@H](OC2OC(C)CC(N(C)CCN(C)C3CC(C)OC(O[C@@H]4[C@@H](C)[C@H](OC5CC(C)(OC)C(O)C(C)O5)[C@@H](C)C(=O)O[C@H](CC)[C@@](C)(O)[C@H](O)[C@@H](C)/C(=N/O)[C@H](C)C[C@]4(C)OC)C3O)C2O)[C@@](C)(OC)C[C@@H](C)/C(=N\O)[C@H](C)[C@@H](O)[C@]1(C)O. The van der Waals surface area contributed by atoms with Crippen molar-refractivity contribution in [2.45, 2.75) is 358 Å². The molecule has 0 radical (unpaired) electrons. The molecule has 6 fully saturated rings. The van der Waals surface area contributed by atoms with Crippen LogP contribution in [0.15, 0.2) is 10.3 Å². The van der Waals surface area contributed by atoms with Crippen molar-refractivity contribution in [1.82, 2.24) is 9.80 Å². The van der Waals surface area contributed by atoms with Gasteiger partial charge in [-0.25, -0.2) is 0 Å². The molecule has 0 aliphatic carbocycles. The monoisotopic (exact) mass is 1520 g/mol. The number of hydrogen-bond donors (Lipinski definition) is 10. The van der Waals surface area contributed by atoms with Crippen molar-refractivity contribution in [2.24, 2.45) is 57.7 Å². The van der Waals surface area contributed by atoms with Crippen LogP contribution in [-0.4, -0.2) is 309 Å². The Morgan fingerprint density at radius 1 is 0.453 bits per heavy atom. The van der Waals surface area contributed by atoms with E-state index >= 15 is 0 Å². The van der Waals surface area contributed by atoms with Crippen LogP contribution < -0.4 is 0 Å². The van der Waals surface area contributed by atoms with E-state index < -0.39 is 228 Å². The molecule has 10 N–H and O–H groups in total. The number of likely N-dealkylation sites (N-methyl/N-ethyl adjacent to an activating group) is 2. The van der Waals surface area contributed by atoms with Crippen LogP contribution in [0.3, 0.4) is 0 Å². The van der Waals surface area contributed by atoms with Gasteiger partial charge < -0.3 is 118 Å². The van der Waals surface area contributed by atoms with E-state index in [4.69, 9.17) is 66.3 Å². The van der Waals surface area contributed by atoms with Gasteiger partial charge in [0.05, 0.1) is 107 Å². The molecule has 0 aromatic carbocycles. The van der Waals surface area contributed by atoms with Crippen molar-refractivity contribution in [3.05, 3.63) is 0 Å². The average molecular weight is 1520 g/mol. The van der Waals surface area contributed by atoms with Crippen LogP contribution in [0.4, 0.5) is 0 Å². The summed E-state index contributed by atoms with van der Waals surface area (Å²) in [5.74, 6) is -8.89. The topological polar surface area (TPSA) is 397 Å². The minimum atomic E-state index is -2.04. The van der Waals surface area contributed by atoms with E-state index in [-0.39, 0.29) is 49.9 Å². The number of esters is 2. The summed E-state index contributed by atoms with van der Waals surface area (Å²) in [5.41, 5.74) is -8.92. The van der Waals surface area contributed by atoms with Gasteiger partial charge in [-0.3, -0.25) is 19.4 Å². The first-order valence-electron chi connectivity index (χ1n) is 38.4. The van der Waals surface area contributed by atoms with Crippen LogP contribution in [-0.2, 0) is 75.9 Å². The highest BCUT2D eigenvalue weighted by atomic mass is 16.7. The van der Waals surface area contributed by atoms with E-state index in [0.29, 0.717) is 25.9 Å². The molecule has 618 valence electrons. The smallest absolute Gasteiger partial charge is 0.311 e. The zero-order chi connectivity index (χ0) is 80.2. The van der Waals surface area contributed by atoms with Crippen LogP contribution in [0.5, 0.6) is 0 Å². The number of carbonyl (C=O) groups is 2. The molecule has 6 aliphatic heterocycles. The number of aliphatic hydroxyl groups excluding tert-OH is 6. The number of methoxy groups -OCH3 is 4. The number of carbonyl (C=O) groups excluding carboxylic acids is 2. The average Bonchev–Trinajstić information content (AvgIpc) is 0.775. The number of aliphatic hydroxyl groups is 8. The maximum atomic E-state index is 14.8. The number of rotatable bonds is 19. The molecule has 106 heavy (non-hydrogen) atoms. The number of oxime groups is 2. The Bertz CT molecular complexity index is 2660. The van der Waals surface area contributed by atoms with Gasteiger partial charge in [0, 0.05) is 102 Å². The Hall–Kier alpha value is -3.00. The Morgan fingerprint density at radius 3 is 1.05 bits per heavy atom. The van der Waals surface area contributed by atoms with Crippen LogP contribution in [0.2, 0.25) is 0 Å². The fourth-order valence-corrected chi connectivity index (χ4v) is 18.1. The molecule has 0 bridgehead atoms. The van der Waals surface area contributed by atoms with Gasteiger partial charge in [-0.05, 0) is 136 Å². The fraction of sp³-hybridized carbons (Fsp3) is 0.947. The van der Waals surface area contributed by atoms with Crippen molar-refractivity contribution in [3.63, 3.8) is 0 Å². The maximum absolute atomic E-state index is 14.8. The van der Waals surface area contributed by atoms with Gasteiger partial charge in [0.2, 0.25) is 0 Å². The number of cyclic esters (lactones) is 2. The first-order chi connectivity index (χ1) is 49.2. The normalized spacial score (nSPS) is 49.2.